The fraction of sp³-hybridized carbons (Fsp3) is 0.125. The van der Waals surface area contributed by atoms with Gasteiger partial charge in [-0.2, -0.15) is 0 Å². The maximum absolute atomic E-state index is 9.54. The summed E-state index contributed by atoms with van der Waals surface area (Å²) < 4.78 is 22.4. The summed E-state index contributed by atoms with van der Waals surface area (Å²) in [6, 6.07) is 8.79. The lowest BCUT2D eigenvalue weighted by Gasteiger charge is -2.21. The van der Waals surface area contributed by atoms with E-state index in [9.17, 15) is 5.11 Å². The first-order chi connectivity index (χ1) is 10.3. The summed E-state index contributed by atoms with van der Waals surface area (Å²) >= 11 is 0. The Bertz CT molecular complexity index is 809. The van der Waals surface area contributed by atoms with Crippen LogP contribution in [0.25, 0.3) is 5.57 Å². The van der Waals surface area contributed by atoms with Gasteiger partial charge in [-0.05, 0) is 18.2 Å². The average Bonchev–Trinajstić information content (AvgIpc) is 3.07. The fourth-order valence-corrected chi connectivity index (χ4v) is 2.90. The van der Waals surface area contributed by atoms with Gasteiger partial charge in [0.2, 0.25) is 6.79 Å². The summed E-state index contributed by atoms with van der Waals surface area (Å²) in [5.41, 5.74) is 2.79. The number of hydrogen-bond acceptors (Lipinski definition) is 5. The standard InChI is InChI=1S/C16H10O5/c17-8-1-2-9-12(3-8)18-6-11-10-4-14-15(20-7-19-14)5-13(10)21-16(9)11/h1-6,16-17H,7H2. The summed E-state index contributed by atoms with van der Waals surface area (Å²) in [6.45, 7) is 0.235. The van der Waals surface area contributed by atoms with Crippen molar-refractivity contribution in [2.75, 3.05) is 6.79 Å². The van der Waals surface area contributed by atoms with Crippen LogP contribution >= 0.6 is 0 Å². The Hall–Kier alpha value is -2.82. The van der Waals surface area contributed by atoms with Crippen molar-refractivity contribution >= 4 is 5.57 Å². The van der Waals surface area contributed by atoms with Crippen molar-refractivity contribution in [1.82, 2.24) is 0 Å². The van der Waals surface area contributed by atoms with E-state index in [1.807, 2.05) is 18.2 Å². The predicted molar refractivity (Wildman–Crippen MR) is 72.6 cm³/mol. The van der Waals surface area contributed by atoms with Crippen molar-refractivity contribution in [2.45, 2.75) is 6.10 Å². The van der Waals surface area contributed by atoms with E-state index in [-0.39, 0.29) is 18.6 Å². The Kier molecular flexibility index (Phi) is 1.89. The zero-order valence-electron chi connectivity index (χ0n) is 10.8. The van der Waals surface area contributed by atoms with E-state index in [1.165, 1.54) is 0 Å². The third-order valence-electron chi connectivity index (χ3n) is 3.91. The van der Waals surface area contributed by atoms with Gasteiger partial charge in [-0.15, -0.1) is 0 Å². The summed E-state index contributed by atoms with van der Waals surface area (Å²) in [6.07, 6.45) is 1.44. The van der Waals surface area contributed by atoms with Crippen molar-refractivity contribution in [2.24, 2.45) is 0 Å². The highest BCUT2D eigenvalue weighted by atomic mass is 16.7. The molecular formula is C16H10O5. The topological polar surface area (TPSA) is 57.2 Å². The molecule has 3 aliphatic heterocycles. The largest absolute Gasteiger partial charge is 0.508 e. The molecule has 2 aromatic carbocycles. The summed E-state index contributed by atoms with van der Waals surface area (Å²) in [4.78, 5) is 0. The second-order valence-electron chi connectivity index (χ2n) is 5.11. The molecule has 0 fully saturated rings. The Balaban J connectivity index is 1.65. The Morgan fingerprint density at radius 2 is 1.81 bits per heavy atom. The van der Waals surface area contributed by atoms with Crippen LogP contribution in [0.4, 0.5) is 0 Å². The van der Waals surface area contributed by atoms with Gasteiger partial charge in [0.25, 0.3) is 0 Å². The van der Waals surface area contributed by atoms with E-state index >= 15 is 0 Å². The number of fused-ring (bicyclic) bond motifs is 6. The molecule has 0 amide bonds. The Morgan fingerprint density at radius 3 is 2.71 bits per heavy atom. The van der Waals surface area contributed by atoms with Crippen LogP contribution in [0.2, 0.25) is 0 Å². The molecule has 0 saturated carbocycles. The molecule has 2 aromatic rings. The van der Waals surface area contributed by atoms with Crippen molar-refractivity contribution < 1.29 is 24.1 Å². The molecule has 0 spiro atoms. The summed E-state index contributed by atoms with van der Waals surface area (Å²) in [5.74, 6) is 2.94. The van der Waals surface area contributed by atoms with Crippen LogP contribution in [-0.2, 0) is 0 Å². The lowest BCUT2D eigenvalue weighted by molar-refractivity contribution is 0.173. The van der Waals surface area contributed by atoms with Crippen LogP contribution in [0.3, 0.4) is 0 Å². The van der Waals surface area contributed by atoms with Gasteiger partial charge in [0.05, 0.1) is 6.26 Å². The first-order valence-electron chi connectivity index (χ1n) is 6.60. The van der Waals surface area contributed by atoms with Crippen molar-refractivity contribution in [3.05, 3.63) is 47.7 Å². The number of hydrogen-bond donors (Lipinski definition) is 1. The van der Waals surface area contributed by atoms with Gasteiger partial charge < -0.3 is 24.1 Å². The SMILES string of the molecule is Oc1ccc2c(c1)OC=C1c3cc4c(cc3OC12)OCO4. The van der Waals surface area contributed by atoms with Crippen molar-refractivity contribution in [1.29, 1.82) is 0 Å². The van der Waals surface area contributed by atoms with Crippen LogP contribution in [0.5, 0.6) is 28.7 Å². The second kappa shape index (κ2) is 3.63. The van der Waals surface area contributed by atoms with Gasteiger partial charge in [0, 0.05) is 28.8 Å². The highest BCUT2D eigenvalue weighted by Gasteiger charge is 2.37. The van der Waals surface area contributed by atoms with Crippen molar-refractivity contribution in [3.8, 4) is 28.7 Å². The second-order valence-corrected chi connectivity index (χ2v) is 5.11. The quantitative estimate of drug-likeness (QED) is 0.805. The van der Waals surface area contributed by atoms with Crippen molar-refractivity contribution in [3.63, 3.8) is 0 Å². The van der Waals surface area contributed by atoms with Gasteiger partial charge in [0.15, 0.2) is 17.6 Å². The van der Waals surface area contributed by atoms with Crippen LogP contribution in [0.1, 0.15) is 17.2 Å². The van der Waals surface area contributed by atoms with E-state index < -0.39 is 0 Å². The van der Waals surface area contributed by atoms with Crippen LogP contribution < -0.4 is 18.9 Å². The number of benzene rings is 2. The van der Waals surface area contributed by atoms with E-state index in [0.717, 1.165) is 28.2 Å². The minimum Gasteiger partial charge on any atom is -0.508 e. The number of aromatic hydroxyl groups is 1. The molecule has 1 unspecified atom stereocenters. The smallest absolute Gasteiger partial charge is 0.231 e. The first-order valence-corrected chi connectivity index (χ1v) is 6.60. The minimum atomic E-state index is -0.230. The summed E-state index contributed by atoms with van der Waals surface area (Å²) in [5, 5.41) is 9.54. The highest BCUT2D eigenvalue weighted by molar-refractivity contribution is 5.82. The average molecular weight is 282 g/mol. The third kappa shape index (κ3) is 1.40. The van der Waals surface area contributed by atoms with Gasteiger partial charge in [-0.1, -0.05) is 0 Å². The molecule has 5 rings (SSSR count). The summed E-state index contributed by atoms with van der Waals surface area (Å²) in [7, 11) is 0. The molecule has 0 aliphatic carbocycles. The van der Waals surface area contributed by atoms with E-state index in [2.05, 4.69) is 0 Å². The maximum atomic E-state index is 9.54. The Morgan fingerprint density at radius 1 is 0.952 bits per heavy atom. The molecule has 3 aliphatic rings. The fourth-order valence-electron chi connectivity index (χ4n) is 2.90. The molecule has 3 heterocycles. The van der Waals surface area contributed by atoms with Gasteiger partial charge >= 0.3 is 0 Å². The zero-order chi connectivity index (χ0) is 14.0. The van der Waals surface area contributed by atoms with Crippen LogP contribution in [0.15, 0.2) is 36.6 Å². The Labute approximate surface area is 119 Å². The maximum Gasteiger partial charge on any atom is 0.231 e. The van der Waals surface area contributed by atoms with E-state index in [0.29, 0.717) is 11.5 Å². The number of phenols is 1. The van der Waals surface area contributed by atoms with E-state index in [1.54, 1.807) is 18.4 Å². The molecular weight excluding hydrogens is 272 g/mol. The van der Waals surface area contributed by atoms with Gasteiger partial charge in [-0.3, -0.25) is 0 Å². The van der Waals surface area contributed by atoms with Gasteiger partial charge in [0.1, 0.15) is 17.2 Å². The molecule has 1 atom stereocenters. The lowest BCUT2D eigenvalue weighted by atomic mass is 9.96. The highest BCUT2D eigenvalue weighted by Crippen LogP contribution is 2.53. The molecule has 0 aromatic heterocycles. The first kappa shape index (κ1) is 10.9. The number of phenolic OH excluding ortho intramolecular Hbond substituents is 1. The van der Waals surface area contributed by atoms with Crippen LogP contribution in [0, 0.1) is 0 Å². The lowest BCUT2D eigenvalue weighted by Crippen LogP contribution is -2.09. The van der Waals surface area contributed by atoms with Gasteiger partial charge in [-0.25, -0.2) is 0 Å². The molecule has 0 radical (unpaired) electrons. The third-order valence-corrected chi connectivity index (χ3v) is 3.91. The zero-order valence-corrected chi connectivity index (χ0v) is 10.8. The monoisotopic (exact) mass is 282 g/mol. The normalized spacial score (nSPS) is 19.8. The molecule has 1 N–H and O–H groups in total. The molecule has 0 saturated heterocycles. The molecule has 104 valence electrons. The molecule has 0 bridgehead atoms. The van der Waals surface area contributed by atoms with Crippen LogP contribution in [-0.4, -0.2) is 11.9 Å². The number of rotatable bonds is 0. The van der Waals surface area contributed by atoms with E-state index in [4.69, 9.17) is 18.9 Å². The molecule has 21 heavy (non-hydrogen) atoms. The molecule has 5 heteroatoms. The minimum absolute atomic E-state index is 0.168. The number of ether oxygens (including phenoxy) is 4. The molecule has 5 nitrogen and oxygen atoms in total. The predicted octanol–water partition coefficient (Wildman–Crippen LogP) is 2.99.